The lowest BCUT2D eigenvalue weighted by molar-refractivity contribution is -0.124. The van der Waals surface area contributed by atoms with Gasteiger partial charge < -0.3 is 15.8 Å². The summed E-state index contributed by atoms with van der Waals surface area (Å²) in [6, 6.07) is 14.1. The van der Waals surface area contributed by atoms with E-state index in [9.17, 15) is 9.59 Å². The lowest BCUT2D eigenvalue weighted by Gasteiger charge is -2.09. The van der Waals surface area contributed by atoms with Gasteiger partial charge in [-0.15, -0.1) is 0 Å². The predicted octanol–water partition coefficient (Wildman–Crippen LogP) is 2.64. The second-order valence-electron chi connectivity index (χ2n) is 5.81. The van der Waals surface area contributed by atoms with Gasteiger partial charge in [-0.1, -0.05) is 38.1 Å². The molecule has 0 spiro atoms. The molecule has 2 aromatic rings. The lowest BCUT2D eigenvalue weighted by Crippen LogP contribution is -2.27. The molecule has 0 saturated carbocycles. The van der Waals surface area contributed by atoms with Gasteiger partial charge in [-0.2, -0.15) is 0 Å². The number of hydrogen-bond donors (Lipinski definition) is 2. The first-order valence-corrected chi connectivity index (χ1v) is 7.87. The smallest absolute Gasteiger partial charge is 0.343 e. The zero-order valence-corrected chi connectivity index (χ0v) is 13.9. The summed E-state index contributed by atoms with van der Waals surface area (Å²) in [5, 5.41) is 2.82. The van der Waals surface area contributed by atoms with Crippen molar-refractivity contribution in [3.05, 3.63) is 65.2 Å². The van der Waals surface area contributed by atoms with Gasteiger partial charge in [0.05, 0.1) is 5.56 Å². The van der Waals surface area contributed by atoms with Crippen molar-refractivity contribution in [1.82, 2.24) is 5.32 Å². The van der Waals surface area contributed by atoms with Crippen LogP contribution in [0.25, 0.3) is 0 Å². The first kappa shape index (κ1) is 17.7. The van der Waals surface area contributed by atoms with E-state index in [0.717, 1.165) is 11.1 Å². The minimum absolute atomic E-state index is 0.0250. The maximum atomic E-state index is 12.2. The number of amides is 1. The average molecular weight is 326 g/mol. The molecule has 0 heterocycles. The Hall–Kier alpha value is -2.66. The van der Waals surface area contributed by atoms with Gasteiger partial charge in [0, 0.05) is 19.0 Å². The van der Waals surface area contributed by atoms with E-state index in [2.05, 4.69) is 5.32 Å². The summed E-state index contributed by atoms with van der Waals surface area (Å²) in [6.07, 6.45) is 0. The SMILES string of the molecule is CC(C)C(=O)NCc1cccc(C(=O)Oc2ccc(CN)cc2)c1. The highest BCUT2D eigenvalue weighted by Gasteiger charge is 2.10. The van der Waals surface area contributed by atoms with Gasteiger partial charge in [-0.25, -0.2) is 4.79 Å². The summed E-state index contributed by atoms with van der Waals surface area (Å²) in [5.74, 6) is -0.0686. The molecule has 0 saturated heterocycles. The summed E-state index contributed by atoms with van der Waals surface area (Å²) in [4.78, 5) is 23.8. The molecule has 1 amide bonds. The van der Waals surface area contributed by atoms with Crippen LogP contribution in [0.3, 0.4) is 0 Å². The highest BCUT2D eigenvalue weighted by atomic mass is 16.5. The molecule has 0 aliphatic heterocycles. The average Bonchev–Trinajstić information content (AvgIpc) is 2.60. The molecule has 0 aromatic heterocycles. The Labute approximate surface area is 141 Å². The third kappa shape index (κ3) is 4.93. The fourth-order valence-corrected chi connectivity index (χ4v) is 2.06. The molecular formula is C19H22N2O3. The molecule has 0 aliphatic rings. The second kappa shape index (κ2) is 8.26. The first-order chi connectivity index (χ1) is 11.5. The number of esters is 1. The quantitative estimate of drug-likeness (QED) is 0.631. The van der Waals surface area contributed by atoms with Crippen molar-refractivity contribution < 1.29 is 14.3 Å². The van der Waals surface area contributed by atoms with Crippen molar-refractivity contribution in [2.75, 3.05) is 0 Å². The molecule has 0 bridgehead atoms. The second-order valence-corrected chi connectivity index (χ2v) is 5.81. The van der Waals surface area contributed by atoms with E-state index in [1.165, 1.54) is 0 Å². The molecule has 24 heavy (non-hydrogen) atoms. The fourth-order valence-electron chi connectivity index (χ4n) is 2.06. The van der Waals surface area contributed by atoms with E-state index in [1.54, 1.807) is 30.3 Å². The summed E-state index contributed by atoms with van der Waals surface area (Å²) >= 11 is 0. The van der Waals surface area contributed by atoms with E-state index in [0.29, 0.717) is 24.4 Å². The van der Waals surface area contributed by atoms with Gasteiger partial charge in [-0.05, 0) is 35.4 Å². The van der Waals surface area contributed by atoms with Gasteiger partial charge >= 0.3 is 5.97 Å². The Morgan fingerprint density at radius 3 is 2.42 bits per heavy atom. The largest absolute Gasteiger partial charge is 0.423 e. The van der Waals surface area contributed by atoms with Crippen molar-refractivity contribution in [3.8, 4) is 5.75 Å². The number of benzene rings is 2. The molecule has 0 aliphatic carbocycles. The number of hydrogen-bond acceptors (Lipinski definition) is 4. The predicted molar refractivity (Wildman–Crippen MR) is 92.4 cm³/mol. The van der Waals surface area contributed by atoms with Crippen LogP contribution in [0.2, 0.25) is 0 Å². The van der Waals surface area contributed by atoms with E-state index >= 15 is 0 Å². The van der Waals surface area contributed by atoms with E-state index in [1.807, 2.05) is 32.0 Å². The van der Waals surface area contributed by atoms with Gasteiger partial charge in [0.2, 0.25) is 5.91 Å². The van der Waals surface area contributed by atoms with Gasteiger partial charge in [0.25, 0.3) is 0 Å². The number of rotatable bonds is 6. The Morgan fingerprint density at radius 1 is 1.08 bits per heavy atom. The zero-order valence-electron chi connectivity index (χ0n) is 13.9. The monoisotopic (exact) mass is 326 g/mol. The van der Waals surface area contributed by atoms with Gasteiger partial charge in [0.1, 0.15) is 5.75 Å². The van der Waals surface area contributed by atoms with Crippen LogP contribution in [-0.2, 0) is 17.9 Å². The zero-order chi connectivity index (χ0) is 17.5. The van der Waals surface area contributed by atoms with E-state index in [4.69, 9.17) is 10.5 Å². The molecule has 5 heteroatoms. The third-order valence-electron chi connectivity index (χ3n) is 3.52. The van der Waals surface area contributed by atoms with Crippen LogP contribution in [0, 0.1) is 5.92 Å². The van der Waals surface area contributed by atoms with Crippen molar-refractivity contribution >= 4 is 11.9 Å². The van der Waals surface area contributed by atoms with E-state index in [-0.39, 0.29) is 11.8 Å². The maximum Gasteiger partial charge on any atom is 0.343 e. The van der Waals surface area contributed by atoms with Crippen molar-refractivity contribution in [3.63, 3.8) is 0 Å². The third-order valence-corrected chi connectivity index (χ3v) is 3.52. The van der Waals surface area contributed by atoms with Crippen LogP contribution in [0.15, 0.2) is 48.5 Å². The van der Waals surface area contributed by atoms with Crippen LogP contribution in [-0.4, -0.2) is 11.9 Å². The molecule has 126 valence electrons. The molecule has 0 atom stereocenters. The Bertz CT molecular complexity index is 709. The minimum atomic E-state index is -0.437. The van der Waals surface area contributed by atoms with Gasteiger partial charge in [0.15, 0.2) is 0 Å². The summed E-state index contributed by atoms with van der Waals surface area (Å²) in [7, 11) is 0. The Balaban J connectivity index is 2.01. The molecule has 2 aromatic carbocycles. The topological polar surface area (TPSA) is 81.4 Å². The van der Waals surface area contributed by atoms with Crippen molar-refractivity contribution in [2.45, 2.75) is 26.9 Å². The minimum Gasteiger partial charge on any atom is -0.423 e. The maximum absolute atomic E-state index is 12.2. The highest BCUT2D eigenvalue weighted by molar-refractivity contribution is 5.91. The van der Waals surface area contributed by atoms with Crippen LogP contribution in [0.4, 0.5) is 0 Å². The summed E-state index contributed by atoms with van der Waals surface area (Å²) in [6.45, 7) is 4.49. The first-order valence-electron chi connectivity index (χ1n) is 7.87. The van der Waals surface area contributed by atoms with Crippen LogP contribution in [0.1, 0.15) is 35.3 Å². The molecule has 5 nitrogen and oxygen atoms in total. The number of ether oxygens (including phenoxy) is 1. The van der Waals surface area contributed by atoms with Crippen molar-refractivity contribution in [1.29, 1.82) is 0 Å². The number of carbonyl (C=O) groups excluding carboxylic acids is 2. The van der Waals surface area contributed by atoms with Gasteiger partial charge in [-0.3, -0.25) is 4.79 Å². The fraction of sp³-hybridized carbons (Fsp3) is 0.263. The molecule has 3 N–H and O–H groups in total. The molecule has 0 fully saturated rings. The highest BCUT2D eigenvalue weighted by Crippen LogP contribution is 2.15. The Kier molecular flexibility index (Phi) is 6.09. The van der Waals surface area contributed by atoms with Crippen LogP contribution in [0.5, 0.6) is 5.75 Å². The van der Waals surface area contributed by atoms with E-state index < -0.39 is 5.97 Å². The van der Waals surface area contributed by atoms with Crippen molar-refractivity contribution in [2.24, 2.45) is 11.7 Å². The van der Waals surface area contributed by atoms with Crippen LogP contribution >= 0.6 is 0 Å². The number of nitrogens with one attached hydrogen (secondary N) is 1. The molecule has 2 rings (SSSR count). The summed E-state index contributed by atoms with van der Waals surface area (Å²) < 4.78 is 5.35. The molecular weight excluding hydrogens is 304 g/mol. The molecule has 0 radical (unpaired) electrons. The standard InChI is InChI=1S/C19H22N2O3/c1-13(2)18(22)21-12-15-4-3-5-16(10-15)19(23)24-17-8-6-14(11-20)7-9-17/h3-10,13H,11-12,20H2,1-2H3,(H,21,22). The number of nitrogens with two attached hydrogens (primary N) is 1. The number of carbonyl (C=O) groups is 2. The summed E-state index contributed by atoms with van der Waals surface area (Å²) in [5.41, 5.74) is 7.79. The molecule has 0 unspecified atom stereocenters. The Morgan fingerprint density at radius 2 is 1.79 bits per heavy atom. The lowest BCUT2D eigenvalue weighted by atomic mass is 10.1. The normalized spacial score (nSPS) is 10.5. The van der Waals surface area contributed by atoms with Crippen LogP contribution < -0.4 is 15.8 Å².